The van der Waals surface area contributed by atoms with E-state index >= 15 is 0 Å². The summed E-state index contributed by atoms with van der Waals surface area (Å²) in [5.41, 5.74) is 0.565. The van der Waals surface area contributed by atoms with Gasteiger partial charge in [-0.05, 0) is 40.5 Å². The Kier molecular flexibility index (Phi) is 15.0. The highest BCUT2D eigenvalue weighted by Gasteiger charge is 2.13. The maximum absolute atomic E-state index is 11.7. The minimum absolute atomic E-state index is 0. The van der Waals surface area contributed by atoms with Crippen molar-refractivity contribution in [2.75, 3.05) is 26.3 Å². The Balaban J connectivity index is -0.00000480. The van der Waals surface area contributed by atoms with Crippen LogP contribution in [-0.4, -0.2) is 62.6 Å². The Morgan fingerprint density at radius 2 is 1.06 bits per heavy atom. The molecule has 0 aliphatic heterocycles. The molecular weight excluding hydrogens is 420 g/mol. The van der Waals surface area contributed by atoms with Gasteiger partial charge in [0.05, 0.1) is 0 Å². The van der Waals surface area contributed by atoms with Crippen LogP contribution in [-0.2, 0) is 28.5 Å². The molecule has 0 aromatic heterocycles. The summed E-state index contributed by atoms with van der Waals surface area (Å²) in [7, 11) is 0. The van der Waals surface area contributed by atoms with Gasteiger partial charge in [0.25, 0.3) is 0 Å². The molecule has 0 spiro atoms. The number of alkyl carbamates (subject to hydrolysis) is 2. The van der Waals surface area contributed by atoms with E-state index in [2.05, 4.69) is 23.8 Å². The molecule has 186 valence electrons. The van der Waals surface area contributed by atoms with Crippen LogP contribution >= 0.6 is 0 Å². The smallest absolute Gasteiger partial charge is 0.407 e. The average molecular weight is 461 g/mol. The van der Waals surface area contributed by atoms with Crippen molar-refractivity contribution >= 4 is 24.1 Å². The zero-order chi connectivity index (χ0) is 24.5. The van der Waals surface area contributed by atoms with E-state index in [1.807, 2.05) is 0 Å². The van der Waals surface area contributed by atoms with Crippen LogP contribution in [0.15, 0.2) is 24.3 Å². The summed E-state index contributed by atoms with van der Waals surface area (Å²) in [4.78, 5) is 45.9. The van der Waals surface area contributed by atoms with Crippen molar-refractivity contribution in [2.45, 2.75) is 65.6 Å². The standard InChI is InChI=1S/C22H36N2O8.2H2/c1-15(2)19(25)29-13-17(5)31-21(27)23-11-9-7-8-10-12-24-22(28)32-18(6)14-30-20(26)16(3)4;;/h17-18H,1,3,7-14H2,2,4-6H3,(H,23,27)(H,24,28);2*1H. The van der Waals surface area contributed by atoms with Gasteiger partial charge in [0.1, 0.15) is 25.4 Å². The van der Waals surface area contributed by atoms with Crippen LogP contribution in [0.3, 0.4) is 0 Å². The second-order valence-electron chi connectivity index (χ2n) is 7.46. The van der Waals surface area contributed by atoms with E-state index in [1.165, 1.54) is 13.8 Å². The van der Waals surface area contributed by atoms with Crippen molar-refractivity contribution in [3.63, 3.8) is 0 Å². The lowest BCUT2D eigenvalue weighted by Gasteiger charge is -2.14. The Morgan fingerprint density at radius 3 is 1.38 bits per heavy atom. The topological polar surface area (TPSA) is 129 Å². The van der Waals surface area contributed by atoms with E-state index in [9.17, 15) is 19.2 Å². The van der Waals surface area contributed by atoms with Crippen LogP contribution in [0.2, 0.25) is 0 Å². The third-order valence-corrected chi connectivity index (χ3v) is 3.85. The zero-order valence-corrected chi connectivity index (χ0v) is 19.5. The summed E-state index contributed by atoms with van der Waals surface area (Å²) in [6.45, 7) is 14.1. The molecule has 0 aliphatic rings. The molecule has 32 heavy (non-hydrogen) atoms. The van der Waals surface area contributed by atoms with Gasteiger partial charge >= 0.3 is 24.1 Å². The van der Waals surface area contributed by atoms with Crippen LogP contribution in [0.25, 0.3) is 0 Å². The number of esters is 2. The van der Waals surface area contributed by atoms with Gasteiger partial charge in [0.15, 0.2) is 0 Å². The lowest BCUT2D eigenvalue weighted by Crippen LogP contribution is -2.31. The molecule has 0 saturated carbocycles. The Bertz CT molecular complexity index is 617. The Labute approximate surface area is 192 Å². The molecule has 0 aromatic carbocycles. The van der Waals surface area contributed by atoms with Gasteiger partial charge in [0.2, 0.25) is 0 Å². The van der Waals surface area contributed by atoms with Crippen molar-refractivity contribution in [2.24, 2.45) is 0 Å². The van der Waals surface area contributed by atoms with Crippen molar-refractivity contribution in [3.05, 3.63) is 24.3 Å². The number of carbonyl (C=O) groups excluding carboxylic acids is 4. The molecule has 0 radical (unpaired) electrons. The van der Waals surface area contributed by atoms with Crippen LogP contribution in [0.1, 0.15) is 56.2 Å². The number of carbonyl (C=O) groups is 4. The largest absolute Gasteiger partial charge is 0.458 e. The maximum atomic E-state index is 11.7. The SMILES string of the molecule is C=C(C)C(=O)OCC(C)OC(=O)NCCCCCCNC(=O)OC(C)COC(=O)C(=C)C.[HH].[HH]. The first-order valence-electron chi connectivity index (χ1n) is 10.6. The molecule has 10 nitrogen and oxygen atoms in total. The predicted molar refractivity (Wildman–Crippen MR) is 122 cm³/mol. The van der Waals surface area contributed by atoms with E-state index in [1.54, 1.807) is 13.8 Å². The zero-order valence-electron chi connectivity index (χ0n) is 19.5. The lowest BCUT2D eigenvalue weighted by atomic mass is 10.2. The number of hydrogen-bond acceptors (Lipinski definition) is 8. The first-order chi connectivity index (χ1) is 15.0. The van der Waals surface area contributed by atoms with Gasteiger partial charge in [-0.25, -0.2) is 19.2 Å². The van der Waals surface area contributed by atoms with Gasteiger partial charge in [-0.15, -0.1) is 0 Å². The molecule has 2 unspecified atom stereocenters. The second-order valence-corrected chi connectivity index (χ2v) is 7.46. The Hall–Kier alpha value is -3.04. The first kappa shape index (κ1) is 29.0. The molecule has 0 bridgehead atoms. The summed E-state index contributed by atoms with van der Waals surface area (Å²) >= 11 is 0. The van der Waals surface area contributed by atoms with E-state index in [4.69, 9.17) is 18.9 Å². The first-order valence-corrected chi connectivity index (χ1v) is 10.6. The molecule has 0 saturated heterocycles. The maximum Gasteiger partial charge on any atom is 0.407 e. The normalized spacial score (nSPS) is 12.0. The minimum Gasteiger partial charge on any atom is -0.458 e. The second kappa shape index (κ2) is 16.6. The number of nitrogens with one attached hydrogen (secondary N) is 2. The molecule has 2 atom stereocenters. The van der Waals surface area contributed by atoms with Gasteiger partial charge < -0.3 is 29.6 Å². The molecule has 0 aromatic rings. The van der Waals surface area contributed by atoms with Gasteiger partial charge in [-0.2, -0.15) is 0 Å². The van der Waals surface area contributed by atoms with Crippen LogP contribution in [0.4, 0.5) is 9.59 Å². The summed E-state index contributed by atoms with van der Waals surface area (Å²) in [5.74, 6) is -1.05. The minimum atomic E-state index is -0.573. The Morgan fingerprint density at radius 1 is 0.719 bits per heavy atom. The van der Waals surface area contributed by atoms with Gasteiger partial charge in [-0.3, -0.25) is 0 Å². The highest BCUT2D eigenvalue weighted by atomic mass is 16.6. The number of amides is 2. The molecule has 2 amide bonds. The van der Waals surface area contributed by atoms with Crippen molar-refractivity contribution in [1.29, 1.82) is 0 Å². The fraction of sp³-hybridized carbons (Fsp3) is 0.636. The molecule has 0 fully saturated rings. The highest BCUT2D eigenvalue weighted by molar-refractivity contribution is 5.87. The molecule has 0 aliphatic carbocycles. The van der Waals surface area contributed by atoms with E-state index in [-0.39, 0.29) is 27.2 Å². The van der Waals surface area contributed by atoms with E-state index in [0.717, 1.165) is 25.7 Å². The fourth-order valence-electron chi connectivity index (χ4n) is 2.13. The summed E-state index contributed by atoms with van der Waals surface area (Å²) < 4.78 is 20.0. The molecule has 10 heteroatoms. The lowest BCUT2D eigenvalue weighted by molar-refractivity contribution is -0.142. The fourth-order valence-corrected chi connectivity index (χ4v) is 2.13. The monoisotopic (exact) mass is 460 g/mol. The number of ether oxygens (including phenoxy) is 4. The van der Waals surface area contributed by atoms with E-state index in [0.29, 0.717) is 13.1 Å². The third-order valence-electron chi connectivity index (χ3n) is 3.85. The number of rotatable bonds is 15. The van der Waals surface area contributed by atoms with Crippen molar-refractivity contribution in [1.82, 2.24) is 10.6 Å². The van der Waals surface area contributed by atoms with Gasteiger partial charge in [-0.1, -0.05) is 26.0 Å². The summed E-state index contributed by atoms with van der Waals surface area (Å²) in [5, 5.41) is 5.26. The van der Waals surface area contributed by atoms with Gasteiger partial charge in [0, 0.05) is 27.1 Å². The molecule has 0 rings (SSSR count). The van der Waals surface area contributed by atoms with Crippen LogP contribution < -0.4 is 10.6 Å². The molecular formula is C22H40N2O8. The van der Waals surface area contributed by atoms with E-state index < -0.39 is 36.3 Å². The average Bonchev–Trinajstić information content (AvgIpc) is 2.71. The van der Waals surface area contributed by atoms with Crippen LogP contribution in [0.5, 0.6) is 0 Å². The number of hydrogen-bond donors (Lipinski definition) is 2. The number of unbranched alkanes of at least 4 members (excludes halogenated alkanes) is 3. The van der Waals surface area contributed by atoms with Crippen molar-refractivity contribution in [3.8, 4) is 0 Å². The quantitative estimate of drug-likeness (QED) is 0.164. The summed E-state index contributed by atoms with van der Waals surface area (Å²) in [6, 6.07) is 0. The molecule has 2 N–H and O–H groups in total. The molecule has 0 heterocycles. The summed E-state index contributed by atoms with van der Waals surface area (Å²) in [6.07, 6.45) is 0.946. The van der Waals surface area contributed by atoms with Crippen LogP contribution in [0, 0.1) is 0 Å². The predicted octanol–water partition coefficient (Wildman–Crippen LogP) is 3.51. The third kappa shape index (κ3) is 15.8. The van der Waals surface area contributed by atoms with Crippen molar-refractivity contribution < 1.29 is 41.0 Å². The highest BCUT2D eigenvalue weighted by Crippen LogP contribution is 2.01.